The van der Waals surface area contributed by atoms with Crippen molar-refractivity contribution in [2.24, 2.45) is 0 Å². The lowest BCUT2D eigenvalue weighted by atomic mass is 10.3. The van der Waals surface area contributed by atoms with Crippen LogP contribution in [0.5, 0.6) is 0 Å². The Balaban J connectivity index is 2.36. The van der Waals surface area contributed by atoms with Crippen LogP contribution in [0.3, 0.4) is 0 Å². The Morgan fingerprint density at radius 3 is 2.89 bits per heavy atom. The average molecular weight is 249 g/mol. The molecule has 0 spiro atoms. The Morgan fingerprint density at radius 1 is 1.50 bits per heavy atom. The Labute approximate surface area is 103 Å². The number of anilines is 1. The minimum atomic E-state index is -0.561. The van der Waals surface area contributed by atoms with Crippen LogP contribution in [-0.2, 0) is 11.3 Å². The lowest BCUT2D eigenvalue weighted by Gasteiger charge is -2.08. The molecule has 2 aromatic rings. The molecule has 18 heavy (non-hydrogen) atoms. The van der Waals surface area contributed by atoms with E-state index in [0.717, 1.165) is 0 Å². The fraction of sp³-hybridized carbons (Fsp3) is 0.333. The predicted octanol–water partition coefficient (Wildman–Crippen LogP) is 0.701. The summed E-state index contributed by atoms with van der Waals surface area (Å²) in [7, 11) is 0. The van der Waals surface area contributed by atoms with Gasteiger partial charge in [-0.05, 0) is 26.0 Å². The monoisotopic (exact) mass is 249 g/mol. The van der Waals surface area contributed by atoms with E-state index in [2.05, 4.69) is 5.32 Å². The number of nitrogens with two attached hydrogens (primary N) is 1. The topological polar surface area (TPSA) is 90.3 Å². The van der Waals surface area contributed by atoms with Gasteiger partial charge in [0.15, 0.2) is 5.58 Å². The highest BCUT2D eigenvalue weighted by atomic mass is 16.4. The Morgan fingerprint density at radius 2 is 2.22 bits per heavy atom. The molecule has 0 saturated carbocycles. The summed E-state index contributed by atoms with van der Waals surface area (Å²) in [6.07, 6.45) is 0. The number of amides is 1. The van der Waals surface area contributed by atoms with Gasteiger partial charge in [-0.2, -0.15) is 0 Å². The minimum Gasteiger partial charge on any atom is -0.408 e. The van der Waals surface area contributed by atoms with Crippen molar-refractivity contribution in [3.05, 3.63) is 28.7 Å². The second kappa shape index (κ2) is 4.56. The van der Waals surface area contributed by atoms with E-state index in [9.17, 15) is 9.59 Å². The van der Waals surface area contributed by atoms with Gasteiger partial charge < -0.3 is 15.5 Å². The molecular formula is C12H15N3O3. The molecule has 0 unspecified atom stereocenters. The molecule has 0 atom stereocenters. The molecule has 6 nitrogen and oxygen atoms in total. The summed E-state index contributed by atoms with van der Waals surface area (Å²) in [5, 5.41) is 2.72. The van der Waals surface area contributed by atoms with Gasteiger partial charge in [-0.25, -0.2) is 4.79 Å². The first-order chi connectivity index (χ1) is 8.47. The highest BCUT2D eigenvalue weighted by Crippen LogP contribution is 2.15. The number of aromatic nitrogens is 1. The number of hydrogen-bond acceptors (Lipinski definition) is 4. The van der Waals surface area contributed by atoms with Gasteiger partial charge in [0.2, 0.25) is 5.91 Å². The molecule has 0 aliphatic heterocycles. The number of benzene rings is 1. The molecule has 0 radical (unpaired) electrons. The number of fused-ring (bicyclic) bond motifs is 1. The van der Waals surface area contributed by atoms with Crippen LogP contribution < -0.4 is 16.8 Å². The van der Waals surface area contributed by atoms with E-state index in [1.807, 2.05) is 13.8 Å². The van der Waals surface area contributed by atoms with Gasteiger partial charge in [0.05, 0.1) is 5.52 Å². The lowest BCUT2D eigenvalue weighted by Crippen LogP contribution is -2.35. The lowest BCUT2D eigenvalue weighted by molar-refractivity contribution is -0.122. The largest absolute Gasteiger partial charge is 0.420 e. The van der Waals surface area contributed by atoms with Crippen molar-refractivity contribution in [1.29, 1.82) is 0 Å². The molecule has 2 rings (SSSR count). The molecular weight excluding hydrogens is 234 g/mol. The first-order valence-electron chi connectivity index (χ1n) is 5.65. The Bertz CT molecular complexity index is 640. The van der Waals surface area contributed by atoms with E-state index in [1.165, 1.54) is 4.57 Å². The smallest absolute Gasteiger partial charge is 0.408 e. The van der Waals surface area contributed by atoms with Crippen LogP contribution in [0.1, 0.15) is 13.8 Å². The number of carbonyl (C=O) groups excluding carboxylic acids is 1. The molecule has 0 aliphatic carbocycles. The van der Waals surface area contributed by atoms with Crippen molar-refractivity contribution in [3.8, 4) is 0 Å². The first kappa shape index (κ1) is 12.2. The highest BCUT2D eigenvalue weighted by Gasteiger charge is 2.13. The van der Waals surface area contributed by atoms with Crippen molar-refractivity contribution in [2.75, 3.05) is 5.73 Å². The van der Waals surface area contributed by atoms with Crippen LogP contribution in [0, 0.1) is 0 Å². The summed E-state index contributed by atoms with van der Waals surface area (Å²) >= 11 is 0. The number of hydrogen-bond donors (Lipinski definition) is 2. The summed E-state index contributed by atoms with van der Waals surface area (Å²) in [5.41, 5.74) is 7.06. The third-order valence-corrected chi connectivity index (χ3v) is 2.44. The number of rotatable bonds is 3. The zero-order valence-corrected chi connectivity index (χ0v) is 10.3. The van der Waals surface area contributed by atoms with Gasteiger partial charge >= 0.3 is 5.76 Å². The average Bonchev–Trinajstić information content (AvgIpc) is 2.53. The third-order valence-electron chi connectivity index (χ3n) is 2.44. The summed E-state index contributed by atoms with van der Waals surface area (Å²) in [4.78, 5) is 23.3. The second-order valence-corrected chi connectivity index (χ2v) is 4.40. The zero-order chi connectivity index (χ0) is 13.3. The predicted molar refractivity (Wildman–Crippen MR) is 68.2 cm³/mol. The van der Waals surface area contributed by atoms with Gasteiger partial charge in [0, 0.05) is 17.8 Å². The number of oxazole rings is 1. The maximum atomic E-state index is 11.6. The molecule has 0 saturated heterocycles. The Kier molecular flexibility index (Phi) is 3.10. The van der Waals surface area contributed by atoms with Crippen LogP contribution >= 0.6 is 0 Å². The van der Waals surface area contributed by atoms with E-state index < -0.39 is 5.76 Å². The summed E-state index contributed by atoms with van der Waals surface area (Å²) in [6, 6.07) is 4.92. The van der Waals surface area contributed by atoms with Crippen LogP contribution in [-0.4, -0.2) is 16.5 Å². The van der Waals surface area contributed by atoms with Crippen LogP contribution in [0.4, 0.5) is 5.69 Å². The fourth-order valence-electron chi connectivity index (χ4n) is 1.74. The first-order valence-corrected chi connectivity index (χ1v) is 5.65. The summed E-state index contributed by atoms with van der Waals surface area (Å²) in [5.74, 6) is -0.791. The van der Waals surface area contributed by atoms with Crippen molar-refractivity contribution in [2.45, 2.75) is 26.4 Å². The maximum absolute atomic E-state index is 11.6. The molecule has 1 amide bonds. The molecule has 0 aliphatic rings. The molecule has 96 valence electrons. The second-order valence-electron chi connectivity index (χ2n) is 4.40. The van der Waals surface area contributed by atoms with E-state index in [-0.39, 0.29) is 18.5 Å². The molecule has 0 bridgehead atoms. The van der Waals surface area contributed by atoms with Crippen LogP contribution in [0.15, 0.2) is 27.4 Å². The summed E-state index contributed by atoms with van der Waals surface area (Å²) in [6.45, 7) is 3.65. The van der Waals surface area contributed by atoms with Gasteiger partial charge in [-0.1, -0.05) is 0 Å². The van der Waals surface area contributed by atoms with Crippen molar-refractivity contribution < 1.29 is 9.21 Å². The van der Waals surface area contributed by atoms with Crippen LogP contribution in [0.2, 0.25) is 0 Å². The molecule has 3 N–H and O–H groups in total. The summed E-state index contributed by atoms with van der Waals surface area (Å²) < 4.78 is 6.32. The number of nitrogens with one attached hydrogen (secondary N) is 1. The zero-order valence-electron chi connectivity index (χ0n) is 10.3. The SMILES string of the molecule is CC(C)NC(=O)Cn1c(=O)oc2cc(N)ccc21. The molecule has 1 heterocycles. The van der Waals surface area contributed by atoms with Crippen LogP contribution in [0.25, 0.3) is 11.1 Å². The molecule has 6 heteroatoms. The maximum Gasteiger partial charge on any atom is 0.420 e. The van der Waals surface area contributed by atoms with E-state index >= 15 is 0 Å². The number of nitrogens with zero attached hydrogens (tertiary/aromatic N) is 1. The Hall–Kier alpha value is -2.24. The normalized spacial score (nSPS) is 11.1. The van der Waals surface area contributed by atoms with Gasteiger partial charge in [-0.3, -0.25) is 9.36 Å². The molecule has 0 fully saturated rings. The molecule has 1 aromatic heterocycles. The van der Waals surface area contributed by atoms with Crippen molar-refractivity contribution in [1.82, 2.24) is 9.88 Å². The van der Waals surface area contributed by atoms with E-state index in [0.29, 0.717) is 16.8 Å². The number of carbonyl (C=O) groups is 1. The van der Waals surface area contributed by atoms with Gasteiger partial charge in [-0.15, -0.1) is 0 Å². The van der Waals surface area contributed by atoms with E-state index in [1.54, 1.807) is 18.2 Å². The standard InChI is InChI=1S/C12H15N3O3/c1-7(2)14-11(16)6-15-9-4-3-8(13)5-10(9)18-12(15)17/h3-5,7H,6,13H2,1-2H3,(H,14,16). The molecule has 1 aromatic carbocycles. The highest BCUT2D eigenvalue weighted by molar-refractivity contribution is 5.81. The van der Waals surface area contributed by atoms with Crippen molar-refractivity contribution >= 4 is 22.7 Å². The van der Waals surface area contributed by atoms with E-state index in [4.69, 9.17) is 10.2 Å². The van der Waals surface area contributed by atoms with Crippen molar-refractivity contribution in [3.63, 3.8) is 0 Å². The number of nitrogen functional groups attached to an aromatic ring is 1. The van der Waals surface area contributed by atoms with Gasteiger partial charge in [0.25, 0.3) is 0 Å². The quantitative estimate of drug-likeness (QED) is 0.783. The van der Waals surface area contributed by atoms with Gasteiger partial charge in [0.1, 0.15) is 6.54 Å². The fourth-order valence-corrected chi connectivity index (χ4v) is 1.74. The minimum absolute atomic E-state index is 0.0296. The third kappa shape index (κ3) is 2.37.